The molecule has 0 atom stereocenters. The zero-order valence-corrected chi connectivity index (χ0v) is 5.91. The van der Waals surface area contributed by atoms with Gasteiger partial charge in [0, 0.05) is 0 Å². The van der Waals surface area contributed by atoms with Crippen molar-refractivity contribution in [3.05, 3.63) is 36.8 Å². The normalized spacial score (nSPS) is 9.18. The van der Waals surface area contributed by atoms with E-state index in [1.165, 1.54) is 0 Å². The molecule has 2 N–H and O–H groups in total. The minimum absolute atomic E-state index is 0.403. The molecule has 0 unspecified atom stereocenters. The van der Waals surface area contributed by atoms with Crippen molar-refractivity contribution < 1.29 is 9.53 Å². The second kappa shape index (κ2) is 3.05. The lowest BCUT2D eigenvalue weighted by Gasteiger charge is -2.02. The van der Waals surface area contributed by atoms with Gasteiger partial charge in [0.15, 0.2) is 0 Å². The third kappa shape index (κ3) is 1.97. The average molecular weight is 150 g/mol. The maximum atomic E-state index is 10.3. The Labute approximate surface area is 64.8 Å². The molecule has 1 aromatic rings. The molecule has 1 rings (SSSR count). The number of nitrogens with two attached hydrogens (primary N) is 1. The number of hydrogen-bond donors (Lipinski definition) is 1. The van der Waals surface area contributed by atoms with Gasteiger partial charge in [-0.05, 0) is 18.6 Å². The van der Waals surface area contributed by atoms with E-state index in [4.69, 9.17) is 5.73 Å². The van der Waals surface area contributed by atoms with E-state index in [1.807, 2.05) is 0 Å². The number of ether oxygens (including phenoxy) is 1. The fourth-order valence-electron chi connectivity index (χ4n) is 0.712. The molecule has 0 saturated carbocycles. The van der Waals surface area contributed by atoms with Gasteiger partial charge in [-0.15, -0.1) is 0 Å². The third-order valence-electron chi connectivity index (χ3n) is 1.18. The number of rotatable bonds is 1. The van der Waals surface area contributed by atoms with Crippen molar-refractivity contribution in [3.8, 4) is 5.75 Å². The van der Waals surface area contributed by atoms with Crippen LogP contribution in [0.5, 0.6) is 5.75 Å². The molecule has 0 aliphatic heterocycles. The monoisotopic (exact) mass is 150 g/mol. The van der Waals surface area contributed by atoms with Crippen molar-refractivity contribution in [3.63, 3.8) is 0 Å². The smallest absolute Gasteiger partial charge is 0.409 e. The molecule has 57 valence electrons. The van der Waals surface area contributed by atoms with Crippen LogP contribution >= 0.6 is 0 Å². The van der Waals surface area contributed by atoms with E-state index in [0.717, 1.165) is 0 Å². The molecule has 0 aliphatic rings. The average Bonchev–Trinajstić information content (AvgIpc) is 1.93. The summed E-state index contributed by atoms with van der Waals surface area (Å²) in [6, 6.07) is 6.91. The first-order chi connectivity index (χ1) is 5.20. The predicted molar refractivity (Wildman–Crippen MR) is 41.1 cm³/mol. The van der Waals surface area contributed by atoms with Gasteiger partial charge < -0.3 is 10.5 Å². The highest BCUT2D eigenvalue weighted by atomic mass is 16.5. The number of amides is 1. The number of benzene rings is 1. The fourth-order valence-corrected chi connectivity index (χ4v) is 0.712. The lowest BCUT2D eigenvalue weighted by atomic mass is 10.2. The first-order valence-corrected chi connectivity index (χ1v) is 3.08. The van der Waals surface area contributed by atoms with Gasteiger partial charge in [0.1, 0.15) is 5.75 Å². The van der Waals surface area contributed by atoms with Crippen molar-refractivity contribution >= 4 is 6.09 Å². The highest BCUT2D eigenvalue weighted by Crippen LogP contribution is 2.15. The van der Waals surface area contributed by atoms with Gasteiger partial charge in [0.05, 0.1) is 0 Å². The third-order valence-corrected chi connectivity index (χ3v) is 1.18. The van der Waals surface area contributed by atoms with Crippen LogP contribution in [0.1, 0.15) is 5.56 Å². The molecular weight excluding hydrogens is 142 g/mol. The molecule has 0 aliphatic carbocycles. The van der Waals surface area contributed by atoms with E-state index >= 15 is 0 Å². The minimum atomic E-state index is -0.818. The summed E-state index contributed by atoms with van der Waals surface area (Å²) >= 11 is 0. The lowest BCUT2D eigenvalue weighted by molar-refractivity contribution is 0.210. The lowest BCUT2D eigenvalue weighted by Crippen LogP contribution is -2.16. The molecule has 0 spiro atoms. The van der Waals surface area contributed by atoms with E-state index in [2.05, 4.69) is 11.7 Å². The first-order valence-electron chi connectivity index (χ1n) is 3.08. The molecule has 1 radical (unpaired) electrons. The summed E-state index contributed by atoms with van der Waals surface area (Å²) in [5.74, 6) is 0.403. The highest BCUT2D eigenvalue weighted by Gasteiger charge is 1.99. The number of carbonyl (C=O) groups is 1. The van der Waals surface area contributed by atoms with Crippen LogP contribution in [-0.4, -0.2) is 6.09 Å². The van der Waals surface area contributed by atoms with Gasteiger partial charge in [-0.25, -0.2) is 4.79 Å². The molecule has 3 heteroatoms. The number of primary amides is 1. The van der Waals surface area contributed by atoms with Gasteiger partial charge >= 0.3 is 6.09 Å². The number of hydrogen-bond acceptors (Lipinski definition) is 2. The minimum Gasteiger partial charge on any atom is -0.410 e. The Bertz CT molecular complexity index is 271. The van der Waals surface area contributed by atoms with Crippen LogP contribution in [0, 0.1) is 6.92 Å². The summed E-state index contributed by atoms with van der Waals surface area (Å²) in [4.78, 5) is 10.3. The Morgan fingerprint density at radius 3 is 2.64 bits per heavy atom. The zero-order chi connectivity index (χ0) is 8.27. The molecule has 1 aromatic carbocycles. The topological polar surface area (TPSA) is 52.3 Å². The van der Waals surface area contributed by atoms with Crippen molar-refractivity contribution in [2.75, 3.05) is 0 Å². The molecule has 0 saturated heterocycles. The number of para-hydroxylation sites is 1. The highest BCUT2D eigenvalue weighted by molar-refractivity contribution is 5.68. The van der Waals surface area contributed by atoms with Crippen LogP contribution in [0.15, 0.2) is 24.3 Å². The number of carbonyl (C=O) groups excluding carboxylic acids is 1. The quantitative estimate of drug-likeness (QED) is 0.656. The van der Waals surface area contributed by atoms with Gasteiger partial charge in [0.25, 0.3) is 0 Å². The second-order valence-corrected chi connectivity index (χ2v) is 2.03. The SMILES string of the molecule is [CH2]c1ccccc1OC(N)=O. The Hall–Kier alpha value is -1.51. The van der Waals surface area contributed by atoms with E-state index in [9.17, 15) is 4.79 Å². The maximum Gasteiger partial charge on any atom is 0.409 e. The molecular formula is C8H8NO2. The Kier molecular flexibility index (Phi) is 2.11. The standard InChI is InChI=1S/C8H8NO2/c1-6-4-2-3-5-7(6)11-8(9)10/h2-5H,1H2,(H2,9,10). The maximum absolute atomic E-state index is 10.3. The van der Waals surface area contributed by atoms with Crippen LogP contribution in [0.3, 0.4) is 0 Å². The van der Waals surface area contributed by atoms with E-state index in [1.54, 1.807) is 24.3 Å². The van der Waals surface area contributed by atoms with Crippen LogP contribution < -0.4 is 10.5 Å². The first kappa shape index (κ1) is 7.60. The molecule has 0 aromatic heterocycles. The summed E-state index contributed by atoms with van der Waals surface area (Å²) in [5.41, 5.74) is 5.45. The van der Waals surface area contributed by atoms with Crippen molar-refractivity contribution in [2.24, 2.45) is 5.73 Å². The Morgan fingerprint density at radius 2 is 2.09 bits per heavy atom. The zero-order valence-electron chi connectivity index (χ0n) is 5.91. The Morgan fingerprint density at radius 1 is 1.45 bits per heavy atom. The van der Waals surface area contributed by atoms with E-state index in [0.29, 0.717) is 11.3 Å². The summed E-state index contributed by atoms with van der Waals surface area (Å²) in [6.45, 7) is 3.64. The molecule has 0 bridgehead atoms. The summed E-state index contributed by atoms with van der Waals surface area (Å²) in [7, 11) is 0. The molecule has 0 fully saturated rings. The van der Waals surface area contributed by atoms with Gasteiger partial charge in [0.2, 0.25) is 0 Å². The van der Waals surface area contributed by atoms with Gasteiger partial charge in [-0.3, -0.25) is 0 Å². The summed E-state index contributed by atoms with van der Waals surface area (Å²) < 4.78 is 4.62. The van der Waals surface area contributed by atoms with Crippen LogP contribution in [0.2, 0.25) is 0 Å². The summed E-state index contributed by atoms with van der Waals surface area (Å²) in [5, 5.41) is 0. The fraction of sp³-hybridized carbons (Fsp3) is 0. The van der Waals surface area contributed by atoms with E-state index < -0.39 is 6.09 Å². The summed E-state index contributed by atoms with van der Waals surface area (Å²) in [6.07, 6.45) is -0.818. The van der Waals surface area contributed by atoms with Crippen molar-refractivity contribution in [1.82, 2.24) is 0 Å². The molecule has 11 heavy (non-hydrogen) atoms. The predicted octanol–water partition coefficient (Wildman–Crippen LogP) is 1.33. The Balaban J connectivity index is 2.86. The molecule has 3 nitrogen and oxygen atoms in total. The molecule has 1 amide bonds. The van der Waals surface area contributed by atoms with Crippen LogP contribution in [-0.2, 0) is 0 Å². The van der Waals surface area contributed by atoms with Crippen molar-refractivity contribution in [1.29, 1.82) is 0 Å². The van der Waals surface area contributed by atoms with Crippen LogP contribution in [0.4, 0.5) is 4.79 Å². The largest absolute Gasteiger partial charge is 0.410 e. The van der Waals surface area contributed by atoms with Gasteiger partial charge in [-0.2, -0.15) is 0 Å². The van der Waals surface area contributed by atoms with Crippen LogP contribution in [0.25, 0.3) is 0 Å². The van der Waals surface area contributed by atoms with E-state index in [-0.39, 0.29) is 0 Å². The molecule has 0 heterocycles. The van der Waals surface area contributed by atoms with Gasteiger partial charge in [-0.1, -0.05) is 18.2 Å². The second-order valence-electron chi connectivity index (χ2n) is 2.03. The van der Waals surface area contributed by atoms with Crippen molar-refractivity contribution in [2.45, 2.75) is 0 Å².